The summed E-state index contributed by atoms with van der Waals surface area (Å²) in [6, 6.07) is 15.2. The van der Waals surface area contributed by atoms with Crippen molar-refractivity contribution in [3.63, 3.8) is 0 Å². The number of benzene rings is 2. The zero-order valence-corrected chi connectivity index (χ0v) is 24.2. The molecule has 43 heavy (non-hydrogen) atoms. The Kier molecular flexibility index (Phi) is 7.26. The number of allylic oxidation sites excluding steroid dienone is 4. The van der Waals surface area contributed by atoms with E-state index >= 15 is 8.78 Å². The third kappa shape index (κ3) is 4.69. The Balaban J connectivity index is 1.38. The predicted octanol–water partition coefficient (Wildman–Crippen LogP) is 8.14. The Morgan fingerprint density at radius 1 is 1.02 bits per heavy atom. The van der Waals surface area contributed by atoms with E-state index in [1.807, 2.05) is 48.5 Å². The van der Waals surface area contributed by atoms with Crippen molar-refractivity contribution < 1.29 is 36.6 Å². The van der Waals surface area contributed by atoms with Gasteiger partial charge in [-0.25, -0.2) is 0 Å². The molecule has 0 aromatic heterocycles. The quantitative estimate of drug-likeness (QED) is 0.328. The zero-order valence-electron chi connectivity index (χ0n) is 24.2. The largest absolute Gasteiger partial charge is 0.497 e. The Bertz CT molecular complexity index is 1480. The van der Waals surface area contributed by atoms with Gasteiger partial charge in [0.15, 0.2) is 5.78 Å². The highest BCUT2D eigenvalue weighted by Gasteiger charge is 2.79. The molecule has 2 aromatic rings. The molecule has 230 valence electrons. The maximum atomic E-state index is 15.2. The van der Waals surface area contributed by atoms with Gasteiger partial charge in [0.2, 0.25) is 0 Å². The summed E-state index contributed by atoms with van der Waals surface area (Å²) in [5.41, 5.74) is 0.876. The molecule has 4 aliphatic rings. The van der Waals surface area contributed by atoms with Crippen molar-refractivity contribution in [3.8, 4) is 5.75 Å². The van der Waals surface area contributed by atoms with Crippen molar-refractivity contribution in [1.29, 1.82) is 0 Å². The van der Waals surface area contributed by atoms with E-state index < -0.39 is 41.4 Å². The van der Waals surface area contributed by atoms with Crippen molar-refractivity contribution >= 4 is 11.5 Å². The van der Waals surface area contributed by atoms with Crippen LogP contribution in [0.15, 0.2) is 71.3 Å². The van der Waals surface area contributed by atoms with Crippen molar-refractivity contribution in [3.05, 3.63) is 82.5 Å². The van der Waals surface area contributed by atoms with Gasteiger partial charge in [0.1, 0.15) is 11.4 Å². The van der Waals surface area contributed by atoms with Crippen molar-refractivity contribution in [2.45, 2.75) is 82.0 Å². The molecular formula is C34H36F5NO3. The van der Waals surface area contributed by atoms with Crippen molar-refractivity contribution in [1.82, 2.24) is 0 Å². The zero-order chi connectivity index (χ0) is 30.8. The molecule has 6 rings (SSSR count). The summed E-state index contributed by atoms with van der Waals surface area (Å²) in [6.45, 7) is 1.96. The fourth-order valence-corrected chi connectivity index (χ4v) is 8.52. The molecule has 2 fully saturated rings. The number of hydrogen-bond acceptors (Lipinski definition) is 4. The minimum Gasteiger partial charge on any atom is -0.497 e. The number of anilines is 1. The van der Waals surface area contributed by atoms with Gasteiger partial charge in [-0.3, -0.25) is 4.79 Å². The Morgan fingerprint density at radius 3 is 2.47 bits per heavy atom. The first-order valence-corrected chi connectivity index (χ1v) is 14.9. The molecule has 0 amide bonds. The lowest BCUT2D eigenvalue weighted by atomic mass is 9.50. The molecule has 0 radical (unpaired) electrons. The number of aliphatic hydroxyl groups is 1. The fraction of sp³-hybridized carbons (Fsp3) is 0.500. The summed E-state index contributed by atoms with van der Waals surface area (Å²) in [4.78, 5) is 12.3. The number of methoxy groups -OCH3 is 1. The number of hydrogen-bond donors (Lipinski definition) is 2. The van der Waals surface area contributed by atoms with Crippen LogP contribution in [-0.2, 0) is 11.3 Å². The van der Waals surface area contributed by atoms with E-state index in [1.54, 1.807) is 13.2 Å². The topological polar surface area (TPSA) is 58.6 Å². The van der Waals surface area contributed by atoms with Gasteiger partial charge in [0, 0.05) is 36.1 Å². The molecular weight excluding hydrogens is 565 g/mol. The molecule has 5 atom stereocenters. The highest BCUT2D eigenvalue weighted by molar-refractivity contribution is 5.93. The van der Waals surface area contributed by atoms with E-state index in [0.29, 0.717) is 32.2 Å². The minimum absolute atomic E-state index is 0.0300. The minimum atomic E-state index is -5.86. The van der Waals surface area contributed by atoms with Crippen LogP contribution in [-0.4, -0.2) is 35.7 Å². The molecule has 0 aliphatic heterocycles. The lowest BCUT2D eigenvalue weighted by Crippen LogP contribution is -2.65. The predicted molar refractivity (Wildman–Crippen MR) is 153 cm³/mol. The van der Waals surface area contributed by atoms with Crippen LogP contribution in [0.25, 0.3) is 0 Å². The summed E-state index contributed by atoms with van der Waals surface area (Å²) >= 11 is 0. The second-order valence-electron chi connectivity index (χ2n) is 12.8. The first-order valence-electron chi connectivity index (χ1n) is 14.9. The van der Waals surface area contributed by atoms with Crippen molar-refractivity contribution in [2.24, 2.45) is 17.3 Å². The number of ether oxygens (including phenoxy) is 1. The molecule has 0 unspecified atom stereocenters. The van der Waals surface area contributed by atoms with Crippen LogP contribution in [0.3, 0.4) is 0 Å². The maximum absolute atomic E-state index is 15.2. The standard InChI is InChI=1S/C34H36F5NO3/c1-31-18-28(21-8-6-20(7-9-21)19-40-23-4-3-5-25(17-23)43-2)30-26-13-11-24(41)16-22(26)10-12-27(30)29(31)14-15-32(31,42)33(35,36)34(37,38)39/h3-9,16-17,27-29,40,42H,10-15,18-19H2,1-2H3/t27-,28+,29-,31-,32+/m0/s1. The van der Waals surface area contributed by atoms with Crippen LogP contribution in [0, 0.1) is 17.3 Å². The molecule has 0 bridgehead atoms. The summed E-state index contributed by atoms with van der Waals surface area (Å²) < 4.78 is 77.0. The Hall–Kier alpha value is -3.20. The third-order valence-corrected chi connectivity index (χ3v) is 10.7. The lowest BCUT2D eigenvalue weighted by Gasteiger charge is -2.56. The van der Waals surface area contributed by atoms with Gasteiger partial charge in [-0.15, -0.1) is 0 Å². The monoisotopic (exact) mass is 601 g/mol. The fourth-order valence-electron chi connectivity index (χ4n) is 8.52. The van der Waals surface area contributed by atoms with Crippen LogP contribution in [0.4, 0.5) is 27.6 Å². The van der Waals surface area contributed by atoms with E-state index in [0.717, 1.165) is 39.3 Å². The van der Waals surface area contributed by atoms with E-state index in [1.165, 1.54) is 6.92 Å². The lowest BCUT2D eigenvalue weighted by molar-refractivity contribution is -0.362. The number of carbonyl (C=O) groups excluding carboxylic acids is 1. The van der Waals surface area contributed by atoms with Gasteiger partial charge in [0.05, 0.1) is 7.11 Å². The molecule has 2 N–H and O–H groups in total. The second-order valence-corrected chi connectivity index (χ2v) is 12.8. The SMILES string of the molecule is COc1cccc(NCc2ccc([C@H]3C[C@@]4(C)[C@@H](CC[C@]4(O)C(F)(F)C(F)(F)F)[C@@H]4CCC5=CC(=O)CCC5=C43)cc2)c1. The summed E-state index contributed by atoms with van der Waals surface area (Å²) in [5, 5.41) is 14.8. The van der Waals surface area contributed by atoms with E-state index in [-0.39, 0.29) is 24.5 Å². The van der Waals surface area contributed by atoms with Crippen LogP contribution < -0.4 is 10.1 Å². The molecule has 9 heteroatoms. The first-order chi connectivity index (χ1) is 20.3. The third-order valence-electron chi connectivity index (χ3n) is 10.7. The van der Waals surface area contributed by atoms with Crippen LogP contribution >= 0.6 is 0 Å². The number of nitrogens with one attached hydrogen (secondary N) is 1. The number of halogens is 5. The van der Waals surface area contributed by atoms with Gasteiger partial charge < -0.3 is 15.2 Å². The normalized spacial score (nSPS) is 30.7. The van der Waals surface area contributed by atoms with Gasteiger partial charge >= 0.3 is 12.1 Å². The van der Waals surface area contributed by atoms with E-state index in [2.05, 4.69) is 5.32 Å². The molecule has 2 aromatic carbocycles. The number of rotatable bonds is 6. The van der Waals surface area contributed by atoms with Crippen LogP contribution in [0.2, 0.25) is 0 Å². The molecule has 0 saturated heterocycles. The average molecular weight is 602 g/mol. The van der Waals surface area contributed by atoms with Crippen LogP contribution in [0.5, 0.6) is 5.75 Å². The Morgan fingerprint density at radius 2 is 1.77 bits per heavy atom. The summed E-state index contributed by atoms with van der Waals surface area (Å²) in [6.07, 6.45) is -2.68. The first kappa shape index (κ1) is 29.9. The number of alkyl halides is 5. The molecule has 0 heterocycles. The van der Waals surface area contributed by atoms with E-state index in [4.69, 9.17) is 4.74 Å². The van der Waals surface area contributed by atoms with Gasteiger partial charge in [-0.1, -0.05) is 42.8 Å². The molecule has 0 spiro atoms. The number of ketones is 1. The van der Waals surface area contributed by atoms with Crippen molar-refractivity contribution in [2.75, 3.05) is 12.4 Å². The maximum Gasteiger partial charge on any atom is 0.456 e. The van der Waals surface area contributed by atoms with Gasteiger partial charge in [0.25, 0.3) is 0 Å². The molecule has 4 aliphatic carbocycles. The number of carbonyl (C=O) groups is 1. The van der Waals surface area contributed by atoms with E-state index in [9.17, 15) is 23.1 Å². The van der Waals surface area contributed by atoms with Gasteiger partial charge in [-0.05, 0) is 90.8 Å². The van der Waals surface area contributed by atoms with Crippen LogP contribution in [0.1, 0.15) is 68.9 Å². The van der Waals surface area contributed by atoms with Gasteiger partial charge in [-0.2, -0.15) is 22.0 Å². The molecule has 2 saturated carbocycles. The molecule has 4 nitrogen and oxygen atoms in total. The summed E-state index contributed by atoms with van der Waals surface area (Å²) in [7, 11) is 1.60. The highest BCUT2D eigenvalue weighted by atomic mass is 19.4. The number of fused-ring (bicyclic) bond motifs is 4. The smallest absolute Gasteiger partial charge is 0.456 e. The second kappa shape index (κ2) is 10.5. The highest BCUT2D eigenvalue weighted by Crippen LogP contribution is 2.70. The summed E-state index contributed by atoms with van der Waals surface area (Å²) in [5.74, 6) is -5.67. The Labute approximate surface area is 248 Å². The average Bonchev–Trinajstić information content (AvgIpc) is 3.26.